The number of rotatable bonds is 1. The van der Waals surface area contributed by atoms with E-state index in [4.69, 9.17) is 4.74 Å². The lowest BCUT2D eigenvalue weighted by Crippen LogP contribution is -2.29. The molecule has 0 saturated heterocycles. The van der Waals surface area contributed by atoms with Crippen LogP contribution in [0.4, 0.5) is 0 Å². The molecule has 2 aliphatic carbocycles. The second kappa shape index (κ2) is 4.36. The number of hydrogen-bond acceptors (Lipinski definition) is 2. The van der Waals surface area contributed by atoms with E-state index in [0.29, 0.717) is 30.0 Å². The van der Waals surface area contributed by atoms with Gasteiger partial charge < -0.3 is 4.74 Å². The summed E-state index contributed by atoms with van der Waals surface area (Å²) in [6, 6.07) is 2.06. The van der Waals surface area contributed by atoms with Crippen molar-refractivity contribution < 1.29 is 9.53 Å². The fourth-order valence-corrected chi connectivity index (χ4v) is 4.08. The molecule has 0 heterocycles. The number of ketones is 1. The largest absolute Gasteiger partial charge is 0.496 e. The Hall–Kier alpha value is -1.31. The van der Waals surface area contributed by atoms with Crippen molar-refractivity contribution >= 4 is 5.78 Å². The first kappa shape index (κ1) is 12.7. The minimum atomic E-state index is 0.328. The van der Waals surface area contributed by atoms with Gasteiger partial charge in [-0.2, -0.15) is 0 Å². The molecule has 102 valence electrons. The number of methoxy groups -OCH3 is 1. The molecule has 1 aromatic rings. The van der Waals surface area contributed by atoms with Gasteiger partial charge in [0.25, 0.3) is 0 Å². The van der Waals surface area contributed by atoms with Crippen LogP contribution in [0.1, 0.15) is 72.0 Å². The summed E-state index contributed by atoms with van der Waals surface area (Å²) in [5.74, 6) is 2.83. The molecule has 0 aliphatic heterocycles. The van der Waals surface area contributed by atoms with Crippen LogP contribution in [0, 0.1) is 12.8 Å². The smallest absolute Gasteiger partial charge is 0.163 e. The summed E-state index contributed by atoms with van der Waals surface area (Å²) < 4.78 is 5.59. The average molecular weight is 258 g/mol. The zero-order valence-electron chi connectivity index (χ0n) is 12.2. The number of benzene rings is 1. The zero-order valence-corrected chi connectivity index (χ0v) is 12.2. The molecular formula is C17H22O2. The first-order valence-corrected chi connectivity index (χ1v) is 7.29. The summed E-state index contributed by atoms with van der Waals surface area (Å²) in [6.45, 7) is 6.52. The maximum absolute atomic E-state index is 12.4. The molecule has 0 saturated carbocycles. The van der Waals surface area contributed by atoms with Crippen LogP contribution in [0.2, 0.25) is 0 Å². The van der Waals surface area contributed by atoms with E-state index in [9.17, 15) is 4.79 Å². The molecule has 2 aliphatic rings. The molecular weight excluding hydrogens is 236 g/mol. The van der Waals surface area contributed by atoms with Crippen LogP contribution in [0.15, 0.2) is 6.07 Å². The fourth-order valence-electron chi connectivity index (χ4n) is 4.08. The van der Waals surface area contributed by atoms with Gasteiger partial charge >= 0.3 is 0 Å². The molecule has 3 rings (SSSR count). The van der Waals surface area contributed by atoms with Crippen molar-refractivity contribution in [2.24, 2.45) is 5.92 Å². The second-order valence-corrected chi connectivity index (χ2v) is 6.29. The van der Waals surface area contributed by atoms with Gasteiger partial charge in [0.1, 0.15) is 5.75 Å². The number of carbonyl (C=O) groups excluding carboxylic acids is 1. The van der Waals surface area contributed by atoms with Gasteiger partial charge in [0.15, 0.2) is 5.78 Å². The Bertz CT molecular complexity index is 545. The SMILES string of the molecule is COc1cc(C)c2c3c1[C@@H](C)CC[C@@H]3[C@@H](C)CC2=O. The molecule has 0 amide bonds. The number of hydrogen-bond donors (Lipinski definition) is 0. The van der Waals surface area contributed by atoms with Crippen molar-refractivity contribution in [3.63, 3.8) is 0 Å². The lowest BCUT2D eigenvalue weighted by Gasteiger charge is -2.39. The lowest BCUT2D eigenvalue weighted by atomic mass is 9.65. The molecule has 2 nitrogen and oxygen atoms in total. The van der Waals surface area contributed by atoms with Crippen molar-refractivity contribution in [3.8, 4) is 5.75 Å². The number of Topliss-reactive ketones (excluding diaryl/α,β-unsaturated/α-hetero) is 1. The Morgan fingerprint density at radius 2 is 1.95 bits per heavy atom. The van der Waals surface area contributed by atoms with Crippen LogP contribution in [0.25, 0.3) is 0 Å². The maximum atomic E-state index is 12.4. The summed E-state index contributed by atoms with van der Waals surface area (Å²) in [7, 11) is 1.74. The normalized spacial score (nSPS) is 29.1. The van der Waals surface area contributed by atoms with Gasteiger partial charge in [-0.25, -0.2) is 0 Å². The third kappa shape index (κ3) is 1.73. The standard InChI is InChI=1S/C17H22O2/c1-9-5-6-12-10(2)7-13(18)15-11(3)8-14(19-4)16(9)17(12)15/h8-10,12H,5-7H2,1-4H3/t9-,10-,12+/m0/s1. The highest BCUT2D eigenvalue weighted by molar-refractivity contribution is 6.01. The summed E-state index contributed by atoms with van der Waals surface area (Å²) in [5.41, 5.74) is 4.72. The first-order chi connectivity index (χ1) is 9.04. The molecule has 0 unspecified atom stereocenters. The average Bonchev–Trinajstić information content (AvgIpc) is 2.36. The summed E-state index contributed by atoms with van der Waals surface area (Å²) >= 11 is 0. The molecule has 19 heavy (non-hydrogen) atoms. The summed E-state index contributed by atoms with van der Waals surface area (Å²) in [5, 5.41) is 0. The highest BCUT2D eigenvalue weighted by atomic mass is 16.5. The number of carbonyl (C=O) groups is 1. The summed E-state index contributed by atoms with van der Waals surface area (Å²) in [4.78, 5) is 12.4. The Morgan fingerprint density at radius 1 is 1.21 bits per heavy atom. The molecule has 0 fully saturated rings. The van der Waals surface area contributed by atoms with Gasteiger partial charge in [0.2, 0.25) is 0 Å². The highest BCUT2D eigenvalue weighted by Gasteiger charge is 2.39. The van der Waals surface area contributed by atoms with Crippen LogP contribution in [-0.4, -0.2) is 12.9 Å². The number of ether oxygens (including phenoxy) is 1. The van der Waals surface area contributed by atoms with Gasteiger partial charge in [-0.3, -0.25) is 4.79 Å². The highest BCUT2D eigenvalue weighted by Crippen LogP contribution is 2.51. The predicted octanol–water partition coefficient (Wildman–Crippen LogP) is 4.21. The van der Waals surface area contributed by atoms with Crippen LogP contribution in [-0.2, 0) is 0 Å². The van der Waals surface area contributed by atoms with Crippen molar-refractivity contribution in [2.45, 2.75) is 51.9 Å². The van der Waals surface area contributed by atoms with E-state index < -0.39 is 0 Å². The Labute approximate surface area is 115 Å². The zero-order chi connectivity index (χ0) is 13.7. The topological polar surface area (TPSA) is 26.3 Å². The van der Waals surface area contributed by atoms with Crippen LogP contribution in [0.5, 0.6) is 5.75 Å². The van der Waals surface area contributed by atoms with Crippen molar-refractivity contribution in [1.29, 1.82) is 0 Å². The first-order valence-electron chi connectivity index (χ1n) is 7.29. The van der Waals surface area contributed by atoms with E-state index in [1.165, 1.54) is 24.0 Å². The number of aryl methyl sites for hydroxylation is 1. The summed E-state index contributed by atoms with van der Waals surface area (Å²) in [6.07, 6.45) is 3.12. The molecule has 3 atom stereocenters. The van der Waals surface area contributed by atoms with Gasteiger partial charge in [-0.15, -0.1) is 0 Å². The predicted molar refractivity (Wildman–Crippen MR) is 76.2 cm³/mol. The minimum Gasteiger partial charge on any atom is -0.496 e. The molecule has 0 spiro atoms. The van der Waals surface area contributed by atoms with Crippen LogP contribution in [0.3, 0.4) is 0 Å². The van der Waals surface area contributed by atoms with Crippen molar-refractivity contribution in [1.82, 2.24) is 0 Å². The Kier molecular flexibility index (Phi) is 2.92. The van der Waals surface area contributed by atoms with Crippen LogP contribution < -0.4 is 4.74 Å². The van der Waals surface area contributed by atoms with Gasteiger partial charge in [-0.05, 0) is 54.7 Å². The Morgan fingerprint density at radius 3 is 2.63 bits per heavy atom. The van der Waals surface area contributed by atoms with Crippen LogP contribution >= 0.6 is 0 Å². The van der Waals surface area contributed by atoms with E-state index in [1.807, 2.05) is 6.92 Å². The van der Waals surface area contributed by atoms with Crippen molar-refractivity contribution in [3.05, 3.63) is 28.3 Å². The molecule has 0 radical (unpaired) electrons. The van der Waals surface area contributed by atoms with E-state index in [1.54, 1.807) is 7.11 Å². The molecule has 1 aromatic carbocycles. The van der Waals surface area contributed by atoms with E-state index in [0.717, 1.165) is 16.9 Å². The molecule has 0 aromatic heterocycles. The van der Waals surface area contributed by atoms with E-state index in [2.05, 4.69) is 19.9 Å². The van der Waals surface area contributed by atoms with E-state index in [-0.39, 0.29) is 0 Å². The monoisotopic (exact) mass is 258 g/mol. The Balaban J connectivity index is 2.34. The molecule has 0 N–H and O–H groups in total. The van der Waals surface area contributed by atoms with Crippen molar-refractivity contribution in [2.75, 3.05) is 7.11 Å². The lowest BCUT2D eigenvalue weighted by molar-refractivity contribution is 0.0936. The second-order valence-electron chi connectivity index (χ2n) is 6.29. The van der Waals surface area contributed by atoms with Gasteiger partial charge in [0, 0.05) is 17.5 Å². The van der Waals surface area contributed by atoms with Gasteiger partial charge in [0.05, 0.1) is 7.11 Å². The molecule has 2 heteroatoms. The maximum Gasteiger partial charge on any atom is 0.163 e. The third-order valence-electron chi connectivity index (χ3n) is 5.03. The van der Waals surface area contributed by atoms with Gasteiger partial charge in [-0.1, -0.05) is 13.8 Å². The quantitative estimate of drug-likeness (QED) is 0.754. The third-order valence-corrected chi connectivity index (χ3v) is 5.03. The molecule has 0 bridgehead atoms. The minimum absolute atomic E-state index is 0.328. The fraction of sp³-hybridized carbons (Fsp3) is 0.588. The van der Waals surface area contributed by atoms with E-state index >= 15 is 0 Å².